The van der Waals surface area contributed by atoms with Crippen molar-refractivity contribution in [1.82, 2.24) is 9.55 Å². The third-order valence-corrected chi connectivity index (χ3v) is 6.13. The lowest BCUT2D eigenvalue weighted by atomic mass is 10.0. The van der Waals surface area contributed by atoms with Crippen LogP contribution < -0.4 is 0 Å². The molecule has 2 nitrogen and oxygen atoms in total. The van der Waals surface area contributed by atoms with E-state index in [1.165, 1.54) is 21.6 Å². The Balaban J connectivity index is 1.78. The summed E-state index contributed by atoms with van der Waals surface area (Å²) < 4.78 is 2.37. The molecule has 0 bridgehead atoms. The second kappa shape index (κ2) is 8.13. The Bertz CT molecular complexity index is 1240. The fourth-order valence-electron chi connectivity index (χ4n) is 3.77. The van der Waals surface area contributed by atoms with Gasteiger partial charge in [0.2, 0.25) is 0 Å². The molecular weight excluding hydrogens is 384 g/mol. The van der Waals surface area contributed by atoms with Gasteiger partial charge in [-0.2, -0.15) is 0 Å². The van der Waals surface area contributed by atoms with Gasteiger partial charge in [-0.05, 0) is 23.9 Å². The number of hydrogen-bond donors (Lipinski definition) is 0. The molecule has 5 rings (SSSR count). The van der Waals surface area contributed by atoms with Crippen LogP contribution in [-0.2, 0) is 6.54 Å². The van der Waals surface area contributed by atoms with Crippen LogP contribution in [0.3, 0.4) is 0 Å². The van der Waals surface area contributed by atoms with E-state index in [2.05, 4.69) is 114 Å². The van der Waals surface area contributed by atoms with Crippen molar-refractivity contribution in [2.24, 2.45) is 0 Å². The summed E-state index contributed by atoms with van der Waals surface area (Å²) in [5.74, 6) is 1.02. The van der Waals surface area contributed by atoms with E-state index in [4.69, 9.17) is 4.98 Å². The maximum atomic E-state index is 5.20. The molecule has 2 aromatic heterocycles. The zero-order chi connectivity index (χ0) is 20.3. The van der Waals surface area contributed by atoms with Crippen molar-refractivity contribution in [2.75, 3.05) is 0 Å². The third-order valence-electron chi connectivity index (χ3n) is 5.26. The molecule has 0 aliphatic heterocycles. The number of thiophene rings is 1. The molecule has 30 heavy (non-hydrogen) atoms. The summed E-state index contributed by atoms with van der Waals surface area (Å²) in [5, 5.41) is 2.12. The van der Waals surface area contributed by atoms with Gasteiger partial charge in [0.15, 0.2) is 5.82 Å². The third kappa shape index (κ3) is 3.60. The highest BCUT2D eigenvalue weighted by atomic mass is 32.1. The Kier molecular flexibility index (Phi) is 5.04. The number of aryl methyl sites for hydroxylation is 1. The van der Waals surface area contributed by atoms with Gasteiger partial charge in [-0.3, -0.25) is 0 Å². The number of benzene rings is 3. The van der Waals surface area contributed by atoms with Gasteiger partial charge in [-0.25, -0.2) is 4.98 Å². The molecular formula is C27H22N2S. The van der Waals surface area contributed by atoms with Crippen molar-refractivity contribution in [3.63, 3.8) is 0 Å². The second-order valence-corrected chi connectivity index (χ2v) is 8.36. The number of aromatic nitrogens is 2. The van der Waals surface area contributed by atoms with Gasteiger partial charge in [-0.1, -0.05) is 96.6 Å². The molecule has 0 aliphatic carbocycles. The first-order chi connectivity index (χ1) is 14.8. The van der Waals surface area contributed by atoms with Gasteiger partial charge in [0.05, 0.1) is 16.3 Å². The average molecular weight is 407 g/mol. The summed E-state index contributed by atoms with van der Waals surface area (Å²) in [5.41, 5.74) is 7.03. The number of hydrogen-bond acceptors (Lipinski definition) is 2. The first-order valence-electron chi connectivity index (χ1n) is 10.1. The molecule has 5 aromatic rings. The quantitative estimate of drug-likeness (QED) is 0.299. The van der Waals surface area contributed by atoms with Crippen LogP contribution in [0, 0.1) is 6.92 Å². The van der Waals surface area contributed by atoms with E-state index in [9.17, 15) is 0 Å². The minimum atomic E-state index is 0.775. The van der Waals surface area contributed by atoms with Crippen molar-refractivity contribution in [1.29, 1.82) is 0 Å². The maximum Gasteiger partial charge on any atom is 0.151 e. The zero-order valence-electron chi connectivity index (χ0n) is 16.8. The summed E-state index contributed by atoms with van der Waals surface area (Å²) >= 11 is 1.73. The number of imidazole rings is 1. The fourth-order valence-corrected chi connectivity index (χ4v) is 4.49. The molecule has 0 aliphatic rings. The summed E-state index contributed by atoms with van der Waals surface area (Å²) in [6.07, 6.45) is 0. The minimum Gasteiger partial charge on any atom is -0.318 e. The largest absolute Gasteiger partial charge is 0.318 e. The van der Waals surface area contributed by atoms with E-state index in [-0.39, 0.29) is 0 Å². The summed E-state index contributed by atoms with van der Waals surface area (Å²) in [6, 6.07) is 34.1. The van der Waals surface area contributed by atoms with Crippen molar-refractivity contribution >= 4 is 11.3 Å². The topological polar surface area (TPSA) is 17.8 Å². The molecule has 0 N–H and O–H groups in total. The normalized spacial score (nSPS) is 11.0. The molecule has 0 radical (unpaired) electrons. The van der Waals surface area contributed by atoms with Crippen LogP contribution in [0.5, 0.6) is 0 Å². The van der Waals surface area contributed by atoms with Gasteiger partial charge < -0.3 is 4.57 Å². The molecule has 2 heterocycles. The van der Waals surface area contributed by atoms with Crippen LogP contribution >= 0.6 is 11.3 Å². The maximum absolute atomic E-state index is 5.20. The highest BCUT2D eigenvalue weighted by Crippen LogP contribution is 2.38. The summed E-state index contributed by atoms with van der Waals surface area (Å²) in [6.45, 7) is 2.89. The molecule has 0 amide bonds. The van der Waals surface area contributed by atoms with Gasteiger partial charge in [0.1, 0.15) is 0 Å². The second-order valence-electron chi connectivity index (χ2n) is 7.41. The minimum absolute atomic E-state index is 0.775. The predicted octanol–water partition coefficient (Wildman–Crippen LogP) is 7.30. The van der Waals surface area contributed by atoms with Crippen molar-refractivity contribution in [3.8, 4) is 33.2 Å². The highest BCUT2D eigenvalue weighted by Gasteiger charge is 2.21. The Morgan fingerprint density at radius 3 is 2.10 bits per heavy atom. The molecule has 3 heteroatoms. The standard InChI is InChI=1S/C27H22N2S/c1-20-14-16-22(17-15-20)25-26(23-11-6-3-7-12-23)29(19-21-9-4-2-5-10-21)27(28-25)24-13-8-18-30-24/h2-18H,19H2,1H3. The predicted molar refractivity (Wildman–Crippen MR) is 127 cm³/mol. The number of rotatable bonds is 5. The van der Waals surface area contributed by atoms with E-state index < -0.39 is 0 Å². The lowest BCUT2D eigenvalue weighted by Gasteiger charge is -2.13. The Morgan fingerprint density at radius 1 is 0.733 bits per heavy atom. The Morgan fingerprint density at radius 2 is 1.43 bits per heavy atom. The van der Waals surface area contributed by atoms with E-state index >= 15 is 0 Å². The van der Waals surface area contributed by atoms with E-state index in [0.717, 1.165) is 29.3 Å². The van der Waals surface area contributed by atoms with Crippen LogP contribution in [0.15, 0.2) is 102 Å². The SMILES string of the molecule is Cc1ccc(-c2nc(-c3cccs3)n(Cc3ccccc3)c2-c2ccccc2)cc1. The fraction of sp³-hybridized carbons (Fsp3) is 0.0741. The molecule has 0 saturated carbocycles. The van der Waals surface area contributed by atoms with Crippen molar-refractivity contribution < 1.29 is 0 Å². The van der Waals surface area contributed by atoms with Gasteiger partial charge >= 0.3 is 0 Å². The first kappa shape index (κ1) is 18.6. The van der Waals surface area contributed by atoms with Crippen LogP contribution in [0.25, 0.3) is 33.2 Å². The number of nitrogens with zero attached hydrogens (tertiary/aromatic N) is 2. The molecule has 146 valence electrons. The van der Waals surface area contributed by atoms with Gasteiger partial charge in [-0.15, -0.1) is 11.3 Å². The van der Waals surface area contributed by atoms with Crippen molar-refractivity contribution in [3.05, 3.63) is 114 Å². The van der Waals surface area contributed by atoms with Crippen LogP contribution in [0.4, 0.5) is 0 Å². The van der Waals surface area contributed by atoms with E-state index in [0.29, 0.717) is 0 Å². The van der Waals surface area contributed by atoms with E-state index in [1.807, 2.05) is 0 Å². The molecule has 0 saturated heterocycles. The molecule has 0 spiro atoms. The monoisotopic (exact) mass is 406 g/mol. The average Bonchev–Trinajstić information content (AvgIpc) is 3.44. The molecule has 0 unspecified atom stereocenters. The molecule has 0 atom stereocenters. The smallest absolute Gasteiger partial charge is 0.151 e. The summed E-state index contributed by atoms with van der Waals surface area (Å²) in [7, 11) is 0. The Hall–Kier alpha value is -3.43. The molecule has 0 fully saturated rings. The summed E-state index contributed by atoms with van der Waals surface area (Å²) in [4.78, 5) is 6.38. The Labute approximate surface area is 181 Å². The van der Waals surface area contributed by atoms with Crippen LogP contribution in [-0.4, -0.2) is 9.55 Å². The van der Waals surface area contributed by atoms with Gasteiger partial charge in [0.25, 0.3) is 0 Å². The first-order valence-corrected chi connectivity index (χ1v) is 11.0. The zero-order valence-corrected chi connectivity index (χ0v) is 17.6. The molecule has 3 aromatic carbocycles. The van der Waals surface area contributed by atoms with Crippen LogP contribution in [0.1, 0.15) is 11.1 Å². The van der Waals surface area contributed by atoms with E-state index in [1.54, 1.807) is 11.3 Å². The lowest BCUT2D eigenvalue weighted by molar-refractivity contribution is 0.816. The van der Waals surface area contributed by atoms with Gasteiger partial charge in [0, 0.05) is 17.7 Å². The van der Waals surface area contributed by atoms with Crippen molar-refractivity contribution in [2.45, 2.75) is 13.5 Å². The van der Waals surface area contributed by atoms with Crippen LogP contribution in [0.2, 0.25) is 0 Å². The highest BCUT2D eigenvalue weighted by molar-refractivity contribution is 7.13. The lowest BCUT2D eigenvalue weighted by Crippen LogP contribution is -2.04.